The van der Waals surface area contributed by atoms with Gasteiger partial charge in [-0.15, -0.1) is 0 Å². The van der Waals surface area contributed by atoms with Crippen LogP contribution in [0.1, 0.15) is 18.5 Å². The maximum absolute atomic E-state index is 11.1. The molecule has 0 aliphatic heterocycles. The number of aromatic hydroxyl groups is 1. The van der Waals surface area contributed by atoms with Crippen molar-refractivity contribution in [3.05, 3.63) is 29.8 Å². The Bertz CT molecular complexity index is 365. The summed E-state index contributed by atoms with van der Waals surface area (Å²) < 4.78 is 4.60. The zero-order chi connectivity index (χ0) is 12.1. The molecule has 0 spiro atoms. The highest BCUT2D eigenvalue weighted by Gasteiger charge is 2.15. The molecule has 1 rings (SSSR count). The molecular weight excluding hydrogens is 206 g/mol. The van der Waals surface area contributed by atoms with Crippen molar-refractivity contribution in [1.82, 2.24) is 4.90 Å². The summed E-state index contributed by atoms with van der Waals surface area (Å²) in [5.41, 5.74) is 0.964. The third kappa shape index (κ3) is 3.24. The van der Waals surface area contributed by atoms with Crippen molar-refractivity contribution in [2.75, 3.05) is 20.7 Å². The summed E-state index contributed by atoms with van der Waals surface area (Å²) in [6, 6.07) is 7.06. The summed E-state index contributed by atoms with van der Waals surface area (Å²) in [7, 11) is 3.21. The molecule has 1 aromatic carbocycles. The van der Waals surface area contributed by atoms with Crippen LogP contribution in [0.3, 0.4) is 0 Å². The molecular formula is C12H17NO3. The van der Waals surface area contributed by atoms with Crippen LogP contribution in [-0.2, 0) is 9.53 Å². The Hall–Kier alpha value is -1.55. The van der Waals surface area contributed by atoms with Crippen molar-refractivity contribution in [2.45, 2.75) is 13.0 Å². The summed E-state index contributed by atoms with van der Waals surface area (Å²) in [6.07, 6.45) is 0. The molecule has 0 saturated heterocycles. The molecule has 0 aliphatic carbocycles. The quantitative estimate of drug-likeness (QED) is 0.787. The molecule has 0 bridgehead atoms. The highest BCUT2D eigenvalue weighted by atomic mass is 16.5. The molecule has 1 atom stereocenters. The minimum atomic E-state index is -0.269. The van der Waals surface area contributed by atoms with Crippen LogP contribution in [0.25, 0.3) is 0 Å². The molecule has 0 aliphatic rings. The second-order valence-electron chi connectivity index (χ2n) is 3.76. The van der Waals surface area contributed by atoms with Crippen molar-refractivity contribution in [1.29, 1.82) is 0 Å². The minimum absolute atomic E-state index is 0.0474. The lowest BCUT2D eigenvalue weighted by Crippen LogP contribution is -2.29. The second kappa shape index (κ2) is 5.51. The fraction of sp³-hybridized carbons (Fsp3) is 0.417. The zero-order valence-electron chi connectivity index (χ0n) is 9.80. The molecule has 0 amide bonds. The lowest BCUT2D eigenvalue weighted by Gasteiger charge is -2.23. The van der Waals surface area contributed by atoms with E-state index in [1.54, 1.807) is 18.2 Å². The van der Waals surface area contributed by atoms with Crippen molar-refractivity contribution >= 4 is 5.97 Å². The summed E-state index contributed by atoms with van der Waals surface area (Å²) in [5.74, 6) is -0.0367. The third-order valence-corrected chi connectivity index (χ3v) is 2.62. The molecule has 0 fully saturated rings. The number of phenols is 1. The number of rotatable bonds is 4. The molecule has 4 nitrogen and oxygen atoms in total. The summed E-state index contributed by atoms with van der Waals surface area (Å²) in [6.45, 7) is 2.20. The maximum Gasteiger partial charge on any atom is 0.319 e. The van der Waals surface area contributed by atoms with Crippen LogP contribution in [0.15, 0.2) is 24.3 Å². The van der Waals surface area contributed by atoms with Gasteiger partial charge in [-0.3, -0.25) is 9.69 Å². The van der Waals surface area contributed by atoms with Gasteiger partial charge in [-0.1, -0.05) is 12.1 Å². The van der Waals surface area contributed by atoms with Crippen LogP contribution >= 0.6 is 0 Å². The topological polar surface area (TPSA) is 49.8 Å². The Balaban J connectivity index is 2.70. The first-order valence-electron chi connectivity index (χ1n) is 5.10. The monoisotopic (exact) mass is 223 g/mol. The van der Waals surface area contributed by atoms with E-state index in [9.17, 15) is 9.90 Å². The first-order chi connectivity index (χ1) is 7.54. The Labute approximate surface area is 95.5 Å². The molecule has 16 heavy (non-hydrogen) atoms. The van der Waals surface area contributed by atoms with Gasteiger partial charge < -0.3 is 9.84 Å². The summed E-state index contributed by atoms with van der Waals surface area (Å²) in [4.78, 5) is 13.0. The molecule has 1 N–H and O–H groups in total. The van der Waals surface area contributed by atoms with Crippen LogP contribution in [-0.4, -0.2) is 36.7 Å². The minimum Gasteiger partial charge on any atom is -0.508 e. The van der Waals surface area contributed by atoms with Gasteiger partial charge in [0.2, 0.25) is 0 Å². The number of hydrogen-bond donors (Lipinski definition) is 1. The van der Waals surface area contributed by atoms with Gasteiger partial charge in [-0.25, -0.2) is 0 Å². The molecule has 0 heterocycles. The van der Waals surface area contributed by atoms with E-state index in [0.717, 1.165) is 5.56 Å². The van der Waals surface area contributed by atoms with E-state index in [1.807, 2.05) is 24.9 Å². The smallest absolute Gasteiger partial charge is 0.319 e. The van der Waals surface area contributed by atoms with E-state index in [4.69, 9.17) is 0 Å². The van der Waals surface area contributed by atoms with Gasteiger partial charge in [0, 0.05) is 6.04 Å². The number of ether oxygens (including phenoxy) is 1. The zero-order valence-corrected chi connectivity index (χ0v) is 9.80. The van der Waals surface area contributed by atoms with Gasteiger partial charge in [-0.2, -0.15) is 0 Å². The standard InChI is InChI=1S/C12H17NO3/c1-9(13(2)8-12(15)16-3)10-5-4-6-11(14)7-10/h4-7,9,14H,8H2,1-3H3. The number of esters is 1. The Kier molecular flexibility index (Phi) is 4.31. The van der Waals surface area contributed by atoms with Crippen molar-refractivity contribution in [3.63, 3.8) is 0 Å². The molecule has 88 valence electrons. The van der Waals surface area contributed by atoms with Gasteiger partial charge in [0.05, 0.1) is 13.7 Å². The number of carbonyl (C=O) groups is 1. The van der Waals surface area contributed by atoms with Crippen LogP contribution in [0.5, 0.6) is 5.75 Å². The van der Waals surface area contributed by atoms with E-state index in [-0.39, 0.29) is 24.3 Å². The average Bonchev–Trinajstić information content (AvgIpc) is 2.27. The Morgan fingerprint density at radius 1 is 1.56 bits per heavy atom. The first-order valence-corrected chi connectivity index (χ1v) is 5.10. The van der Waals surface area contributed by atoms with E-state index in [1.165, 1.54) is 7.11 Å². The molecule has 1 aromatic rings. The lowest BCUT2D eigenvalue weighted by atomic mass is 10.1. The van der Waals surface area contributed by atoms with E-state index in [2.05, 4.69) is 4.74 Å². The van der Waals surface area contributed by atoms with Gasteiger partial charge in [0.15, 0.2) is 0 Å². The Morgan fingerprint density at radius 3 is 2.81 bits per heavy atom. The van der Waals surface area contributed by atoms with Crippen molar-refractivity contribution < 1.29 is 14.6 Å². The molecule has 4 heteroatoms. The largest absolute Gasteiger partial charge is 0.508 e. The molecule has 0 aromatic heterocycles. The van der Waals surface area contributed by atoms with Crippen LogP contribution in [0.4, 0.5) is 0 Å². The summed E-state index contributed by atoms with van der Waals surface area (Å²) in [5, 5.41) is 9.36. The van der Waals surface area contributed by atoms with Crippen LogP contribution in [0.2, 0.25) is 0 Å². The van der Waals surface area contributed by atoms with Crippen LogP contribution in [0, 0.1) is 0 Å². The van der Waals surface area contributed by atoms with E-state index in [0.29, 0.717) is 0 Å². The average molecular weight is 223 g/mol. The van der Waals surface area contributed by atoms with Crippen molar-refractivity contribution in [2.24, 2.45) is 0 Å². The number of benzene rings is 1. The van der Waals surface area contributed by atoms with E-state index < -0.39 is 0 Å². The first kappa shape index (κ1) is 12.5. The SMILES string of the molecule is COC(=O)CN(C)C(C)c1cccc(O)c1. The van der Waals surface area contributed by atoms with E-state index >= 15 is 0 Å². The predicted molar refractivity (Wildman–Crippen MR) is 61.2 cm³/mol. The Morgan fingerprint density at radius 2 is 2.25 bits per heavy atom. The van der Waals surface area contributed by atoms with Crippen molar-refractivity contribution in [3.8, 4) is 5.75 Å². The fourth-order valence-electron chi connectivity index (χ4n) is 1.44. The number of carbonyl (C=O) groups excluding carboxylic acids is 1. The van der Waals surface area contributed by atoms with Crippen LogP contribution < -0.4 is 0 Å². The maximum atomic E-state index is 11.1. The number of phenolic OH excluding ortho intramolecular Hbond substituents is 1. The number of methoxy groups -OCH3 is 1. The van der Waals surface area contributed by atoms with Gasteiger partial charge in [0.1, 0.15) is 5.75 Å². The number of nitrogens with zero attached hydrogens (tertiary/aromatic N) is 1. The predicted octanol–water partition coefficient (Wildman–Crippen LogP) is 1.56. The highest BCUT2D eigenvalue weighted by molar-refractivity contribution is 5.71. The highest BCUT2D eigenvalue weighted by Crippen LogP contribution is 2.21. The lowest BCUT2D eigenvalue weighted by molar-refractivity contribution is -0.142. The third-order valence-electron chi connectivity index (χ3n) is 2.62. The van der Waals surface area contributed by atoms with Gasteiger partial charge in [0.25, 0.3) is 0 Å². The summed E-state index contributed by atoms with van der Waals surface area (Å²) >= 11 is 0. The van der Waals surface area contributed by atoms with Gasteiger partial charge >= 0.3 is 5.97 Å². The molecule has 0 radical (unpaired) electrons. The molecule has 1 unspecified atom stereocenters. The number of likely N-dealkylation sites (N-methyl/N-ethyl adjacent to an activating group) is 1. The molecule has 0 saturated carbocycles. The second-order valence-corrected chi connectivity index (χ2v) is 3.76. The van der Waals surface area contributed by atoms with Gasteiger partial charge in [-0.05, 0) is 31.7 Å². The number of hydrogen-bond acceptors (Lipinski definition) is 4. The fourth-order valence-corrected chi connectivity index (χ4v) is 1.44. The normalized spacial score (nSPS) is 12.5.